The van der Waals surface area contributed by atoms with Crippen LogP contribution in [0.1, 0.15) is 12.5 Å². The van der Waals surface area contributed by atoms with Crippen molar-refractivity contribution in [1.82, 2.24) is 0 Å². The van der Waals surface area contributed by atoms with E-state index < -0.39 is 0 Å². The Bertz CT molecular complexity index is 341. The van der Waals surface area contributed by atoms with Gasteiger partial charge in [0.05, 0.1) is 18.2 Å². The highest BCUT2D eigenvalue weighted by Crippen LogP contribution is 2.14. The molecule has 0 aliphatic heterocycles. The van der Waals surface area contributed by atoms with E-state index in [-0.39, 0.29) is 12.5 Å². The van der Waals surface area contributed by atoms with Crippen LogP contribution in [0.5, 0.6) is 5.75 Å². The number of nitrogens with two attached hydrogens (primary N) is 1. The fraction of sp³-hybridized carbons (Fsp3) is 0.364. The first kappa shape index (κ1) is 11.9. The molecule has 0 aromatic heterocycles. The van der Waals surface area contributed by atoms with E-state index in [0.29, 0.717) is 11.6 Å². The average molecular weight is 225 g/mol. The Morgan fingerprint density at radius 1 is 1.60 bits per heavy atom. The van der Waals surface area contributed by atoms with Gasteiger partial charge in [0, 0.05) is 5.92 Å². The Morgan fingerprint density at radius 3 is 2.93 bits per heavy atom. The van der Waals surface area contributed by atoms with Crippen LogP contribution in [-0.2, 0) is 6.61 Å². The van der Waals surface area contributed by atoms with Crippen LogP contribution in [0.15, 0.2) is 24.3 Å². The summed E-state index contributed by atoms with van der Waals surface area (Å²) in [4.78, 5) is 0.452. The largest absolute Gasteiger partial charge is 0.493 e. The van der Waals surface area contributed by atoms with Gasteiger partial charge in [0.25, 0.3) is 0 Å². The third-order valence-corrected chi connectivity index (χ3v) is 2.47. The van der Waals surface area contributed by atoms with Gasteiger partial charge in [-0.15, -0.1) is 0 Å². The van der Waals surface area contributed by atoms with Gasteiger partial charge in [-0.25, -0.2) is 0 Å². The Kier molecular flexibility index (Phi) is 4.52. The number of thiocarbonyl (C=S) groups is 1. The zero-order chi connectivity index (χ0) is 11.3. The third-order valence-electron chi connectivity index (χ3n) is 2.07. The standard InChI is InChI=1S/C11H15NO2S/c1-8(11(12)15)7-14-10-4-2-3-9(5-10)6-13/h2-5,8,13H,6-7H2,1H3,(H2,12,15). The van der Waals surface area contributed by atoms with Crippen LogP contribution >= 0.6 is 12.2 Å². The first-order valence-corrected chi connectivity index (χ1v) is 5.16. The zero-order valence-corrected chi connectivity index (χ0v) is 9.46. The van der Waals surface area contributed by atoms with Gasteiger partial charge in [-0.2, -0.15) is 0 Å². The summed E-state index contributed by atoms with van der Waals surface area (Å²) in [5, 5.41) is 8.93. The van der Waals surface area contributed by atoms with E-state index in [1.165, 1.54) is 0 Å². The predicted octanol–water partition coefficient (Wildman–Crippen LogP) is 1.48. The van der Waals surface area contributed by atoms with Crippen molar-refractivity contribution in [1.29, 1.82) is 0 Å². The molecule has 1 rings (SSSR count). The molecule has 0 spiro atoms. The molecule has 0 aliphatic rings. The first-order valence-electron chi connectivity index (χ1n) is 4.75. The predicted molar refractivity (Wildman–Crippen MR) is 63.8 cm³/mol. The third kappa shape index (κ3) is 3.85. The maximum atomic E-state index is 8.93. The van der Waals surface area contributed by atoms with E-state index in [1.807, 2.05) is 25.1 Å². The number of hydrogen-bond acceptors (Lipinski definition) is 3. The topological polar surface area (TPSA) is 55.5 Å². The molecule has 0 radical (unpaired) electrons. The Morgan fingerprint density at radius 2 is 2.33 bits per heavy atom. The number of aliphatic hydroxyl groups is 1. The normalized spacial score (nSPS) is 12.1. The fourth-order valence-electron chi connectivity index (χ4n) is 1.04. The molecule has 0 saturated heterocycles. The molecule has 3 N–H and O–H groups in total. The summed E-state index contributed by atoms with van der Waals surface area (Å²) in [5.41, 5.74) is 6.30. The molecule has 1 unspecified atom stereocenters. The number of aliphatic hydroxyl groups excluding tert-OH is 1. The van der Waals surface area contributed by atoms with Gasteiger partial charge in [-0.05, 0) is 17.7 Å². The van der Waals surface area contributed by atoms with Gasteiger partial charge in [0.15, 0.2) is 0 Å². The molecule has 82 valence electrons. The van der Waals surface area contributed by atoms with Crippen LogP contribution in [0, 0.1) is 5.92 Å². The molecule has 4 heteroatoms. The molecule has 0 aliphatic carbocycles. The van der Waals surface area contributed by atoms with Crippen LogP contribution in [0.4, 0.5) is 0 Å². The number of hydrogen-bond donors (Lipinski definition) is 2. The van der Waals surface area contributed by atoms with Crippen molar-refractivity contribution in [3.05, 3.63) is 29.8 Å². The zero-order valence-electron chi connectivity index (χ0n) is 8.64. The molecule has 0 bridgehead atoms. The molecular weight excluding hydrogens is 210 g/mol. The molecule has 0 amide bonds. The van der Waals surface area contributed by atoms with Crippen molar-refractivity contribution >= 4 is 17.2 Å². The molecule has 3 nitrogen and oxygen atoms in total. The van der Waals surface area contributed by atoms with Gasteiger partial charge in [-0.3, -0.25) is 0 Å². The smallest absolute Gasteiger partial charge is 0.119 e. The van der Waals surface area contributed by atoms with Gasteiger partial charge in [-0.1, -0.05) is 31.3 Å². The van der Waals surface area contributed by atoms with E-state index in [0.717, 1.165) is 11.3 Å². The van der Waals surface area contributed by atoms with Crippen LogP contribution in [0.25, 0.3) is 0 Å². The summed E-state index contributed by atoms with van der Waals surface area (Å²) in [5.74, 6) is 0.780. The lowest BCUT2D eigenvalue weighted by Gasteiger charge is -2.11. The summed E-state index contributed by atoms with van der Waals surface area (Å²) in [7, 11) is 0. The summed E-state index contributed by atoms with van der Waals surface area (Å²) < 4.78 is 5.49. The second-order valence-corrected chi connectivity index (χ2v) is 3.89. The van der Waals surface area contributed by atoms with E-state index >= 15 is 0 Å². The lowest BCUT2D eigenvalue weighted by molar-refractivity contribution is 0.276. The maximum Gasteiger partial charge on any atom is 0.119 e. The molecule has 0 heterocycles. The number of ether oxygens (including phenoxy) is 1. The highest BCUT2D eigenvalue weighted by Gasteiger charge is 2.05. The first-order chi connectivity index (χ1) is 7.13. The van der Waals surface area contributed by atoms with Crippen molar-refractivity contribution in [2.24, 2.45) is 11.7 Å². The summed E-state index contributed by atoms with van der Waals surface area (Å²) >= 11 is 4.84. The summed E-state index contributed by atoms with van der Waals surface area (Å²) in [6.07, 6.45) is 0. The monoisotopic (exact) mass is 225 g/mol. The number of rotatable bonds is 5. The Hall–Kier alpha value is -1.13. The molecule has 0 fully saturated rings. The van der Waals surface area contributed by atoms with Gasteiger partial charge >= 0.3 is 0 Å². The van der Waals surface area contributed by atoms with Crippen molar-refractivity contribution in [2.75, 3.05) is 6.61 Å². The molecule has 15 heavy (non-hydrogen) atoms. The molecule has 1 aromatic rings. The van der Waals surface area contributed by atoms with Gasteiger partial charge in [0.2, 0.25) is 0 Å². The van der Waals surface area contributed by atoms with Crippen molar-refractivity contribution < 1.29 is 9.84 Å². The lowest BCUT2D eigenvalue weighted by Crippen LogP contribution is -2.24. The van der Waals surface area contributed by atoms with Crippen molar-refractivity contribution in [3.8, 4) is 5.75 Å². The van der Waals surface area contributed by atoms with Crippen molar-refractivity contribution in [2.45, 2.75) is 13.5 Å². The fourth-order valence-corrected chi connectivity index (χ4v) is 1.11. The Balaban J connectivity index is 2.53. The van der Waals surface area contributed by atoms with E-state index in [1.54, 1.807) is 6.07 Å². The van der Waals surface area contributed by atoms with E-state index in [9.17, 15) is 0 Å². The van der Waals surface area contributed by atoms with Crippen LogP contribution in [0.2, 0.25) is 0 Å². The van der Waals surface area contributed by atoms with Crippen LogP contribution < -0.4 is 10.5 Å². The quantitative estimate of drug-likeness (QED) is 0.745. The Labute approximate surface area is 94.9 Å². The molecular formula is C11H15NO2S. The van der Waals surface area contributed by atoms with E-state index in [2.05, 4.69) is 0 Å². The minimum Gasteiger partial charge on any atom is -0.493 e. The van der Waals surface area contributed by atoms with Gasteiger partial charge < -0.3 is 15.6 Å². The minimum atomic E-state index is 0.0159. The second kappa shape index (κ2) is 5.68. The SMILES string of the molecule is CC(COc1cccc(CO)c1)C(N)=S. The summed E-state index contributed by atoms with van der Waals surface area (Å²) in [6.45, 7) is 2.39. The average Bonchev–Trinajstić information content (AvgIpc) is 2.26. The molecule has 1 aromatic carbocycles. The maximum absolute atomic E-state index is 8.93. The van der Waals surface area contributed by atoms with Gasteiger partial charge in [0.1, 0.15) is 5.75 Å². The van der Waals surface area contributed by atoms with Crippen LogP contribution in [-0.4, -0.2) is 16.7 Å². The number of benzene rings is 1. The molecule has 0 saturated carbocycles. The van der Waals surface area contributed by atoms with Crippen LogP contribution in [0.3, 0.4) is 0 Å². The second-order valence-electron chi connectivity index (χ2n) is 3.42. The van der Waals surface area contributed by atoms with E-state index in [4.69, 9.17) is 27.8 Å². The molecule has 1 atom stereocenters. The highest BCUT2D eigenvalue weighted by molar-refractivity contribution is 7.80. The minimum absolute atomic E-state index is 0.0159. The highest BCUT2D eigenvalue weighted by atomic mass is 32.1. The van der Waals surface area contributed by atoms with Crippen molar-refractivity contribution in [3.63, 3.8) is 0 Å². The lowest BCUT2D eigenvalue weighted by atomic mass is 10.2. The summed E-state index contributed by atoms with van der Waals surface area (Å²) in [6, 6.07) is 7.31.